The average Bonchev–Trinajstić information content (AvgIpc) is 2.78. The number of anilines is 5. The second-order valence-corrected chi connectivity index (χ2v) is 9.21. The highest BCUT2D eigenvalue weighted by Gasteiger charge is 2.25. The molecule has 0 aliphatic carbocycles. The van der Waals surface area contributed by atoms with Gasteiger partial charge in [-0.25, -0.2) is 22.9 Å². The number of rotatable bonds is 7. The number of aromatic nitrogens is 2. The summed E-state index contributed by atoms with van der Waals surface area (Å²) in [6.07, 6.45) is 1.76. The van der Waals surface area contributed by atoms with E-state index in [-0.39, 0.29) is 29.2 Å². The van der Waals surface area contributed by atoms with Gasteiger partial charge in [-0.15, -0.1) is 0 Å². The largest absolute Gasteiger partial charge is 0.482 e. The first kappa shape index (κ1) is 23.4. The van der Waals surface area contributed by atoms with Crippen LogP contribution >= 0.6 is 0 Å². The number of ether oxygens (including phenoxy) is 1. The van der Waals surface area contributed by atoms with Gasteiger partial charge in [-0.2, -0.15) is 4.98 Å². The first-order valence-electron chi connectivity index (χ1n) is 10.4. The average molecular weight is 487 g/mol. The molecule has 1 amide bonds. The van der Waals surface area contributed by atoms with Crippen LogP contribution in [0.1, 0.15) is 18.9 Å². The lowest BCUT2D eigenvalue weighted by atomic mass is 10.2. The second kappa shape index (κ2) is 9.23. The molecule has 12 heteroatoms. The third kappa shape index (κ3) is 4.92. The number of nitrogens with zero attached hydrogens (tertiary/aromatic N) is 3. The molecular weight excluding hydrogens is 463 g/mol. The molecule has 2 heterocycles. The first-order valence-corrected chi connectivity index (χ1v) is 12.0. The van der Waals surface area contributed by atoms with Gasteiger partial charge in [-0.05, 0) is 49.2 Å². The van der Waals surface area contributed by atoms with Gasteiger partial charge in [0.25, 0.3) is 5.91 Å². The highest BCUT2D eigenvalue weighted by atomic mass is 32.2. The molecule has 178 valence electrons. The fourth-order valence-corrected chi connectivity index (χ4v) is 4.32. The fourth-order valence-electron chi connectivity index (χ4n) is 3.51. The molecule has 1 aliphatic rings. The van der Waals surface area contributed by atoms with Crippen molar-refractivity contribution in [2.24, 2.45) is 5.14 Å². The summed E-state index contributed by atoms with van der Waals surface area (Å²) in [5.74, 6) is -0.356. The number of primary sulfonamides is 1. The summed E-state index contributed by atoms with van der Waals surface area (Å²) >= 11 is 0. The highest BCUT2D eigenvalue weighted by Crippen LogP contribution is 2.35. The van der Waals surface area contributed by atoms with Crippen molar-refractivity contribution in [1.82, 2.24) is 9.97 Å². The van der Waals surface area contributed by atoms with Crippen LogP contribution in [0.2, 0.25) is 0 Å². The summed E-state index contributed by atoms with van der Waals surface area (Å²) in [4.78, 5) is 21.9. The zero-order valence-corrected chi connectivity index (χ0v) is 19.3. The molecule has 2 aromatic carbocycles. The SMILES string of the molecule is CCCN1C(=O)COc2ccc(Nc3nc(Nc4ccc(C)c(S(N)(=O)=O)c4)ncc3F)cc21. The maximum atomic E-state index is 14.5. The number of carbonyl (C=O) groups excluding carboxylic acids is 1. The second-order valence-electron chi connectivity index (χ2n) is 7.68. The lowest BCUT2D eigenvalue weighted by Crippen LogP contribution is -2.39. The summed E-state index contributed by atoms with van der Waals surface area (Å²) in [5, 5.41) is 11.0. The zero-order valence-electron chi connectivity index (χ0n) is 18.5. The minimum Gasteiger partial charge on any atom is -0.482 e. The minimum atomic E-state index is -3.92. The van der Waals surface area contributed by atoms with Crippen molar-refractivity contribution in [2.45, 2.75) is 25.2 Å². The Labute approximate surface area is 196 Å². The number of hydrogen-bond acceptors (Lipinski definition) is 8. The molecule has 3 aromatic rings. The van der Waals surface area contributed by atoms with Crippen LogP contribution in [0, 0.1) is 12.7 Å². The number of aryl methyl sites for hydroxylation is 1. The third-order valence-corrected chi connectivity index (χ3v) is 6.16. The number of hydrogen-bond donors (Lipinski definition) is 3. The van der Waals surface area contributed by atoms with Crippen molar-refractivity contribution in [1.29, 1.82) is 0 Å². The molecule has 0 saturated carbocycles. The van der Waals surface area contributed by atoms with Gasteiger partial charge in [-0.3, -0.25) is 4.79 Å². The monoisotopic (exact) mass is 486 g/mol. The fraction of sp³-hybridized carbons (Fsp3) is 0.227. The van der Waals surface area contributed by atoms with Crippen LogP contribution < -0.4 is 25.4 Å². The number of halogens is 1. The summed E-state index contributed by atoms with van der Waals surface area (Å²) in [6, 6.07) is 9.65. The summed E-state index contributed by atoms with van der Waals surface area (Å²) in [5.41, 5.74) is 1.94. The lowest BCUT2D eigenvalue weighted by Gasteiger charge is -2.29. The molecule has 4 N–H and O–H groups in total. The first-order chi connectivity index (χ1) is 16.2. The van der Waals surface area contributed by atoms with Gasteiger partial charge < -0.3 is 20.3 Å². The minimum absolute atomic E-state index is 0.0263. The molecular formula is C22H23FN6O4S. The van der Waals surface area contributed by atoms with E-state index in [1.165, 1.54) is 6.07 Å². The number of carbonyl (C=O) groups is 1. The van der Waals surface area contributed by atoms with E-state index >= 15 is 0 Å². The number of amides is 1. The van der Waals surface area contributed by atoms with Crippen molar-refractivity contribution in [2.75, 3.05) is 28.7 Å². The van der Waals surface area contributed by atoms with Crippen molar-refractivity contribution in [3.05, 3.63) is 54.0 Å². The molecule has 0 unspecified atom stereocenters. The maximum absolute atomic E-state index is 14.5. The third-order valence-electron chi connectivity index (χ3n) is 5.11. The Hall–Kier alpha value is -3.77. The van der Waals surface area contributed by atoms with E-state index in [2.05, 4.69) is 20.6 Å². The van der Waals surface area contributed by atoms with Crippen LogP contribution in [0.15, 0.2) is 47.5 Å². The van der Waals surface area contributed by atoms with Crippen LogP contribution in [0.3, 0.4) is 0 Å². The molecule has 0 saturated heterocycles. The van der Waals surface area contributed by atoms with E-state index < -0.39 is 15.8 Å². The van der Waals surface area contributed by atoms with Gasteiger partial charge in [0.1, 0.15) is 5.75 Å². The molecule has 0 fully saturated rings. The van der Waals surface area contributed by atoms with Gasteiger partial charge in [-0.1, -0.05) is 13.0 Å². The molecule has 34 heavy (non-hydrogen) atoms. The summed E-state index contributed by atoms with van der Waals surface area (Å²) < 4.78 is 43.5. The van der Waals surface area contributed by atoms with E-state index in [1.807, 2.05) is 6.92 Å². The van der Waals surface area contributed by atoms with Gasteiger partial charge >= 0.3 is 0 Å². The van der Waals surface area contributed by atoms with Crippen molar-refractivity contribution >= 4 is 44.8 Å². The number of nitrogens with one attached hydrogen (secondary N) is 2. The predicted molar refractivity (Wildman–Crippen MR) is 126 cm³/mol. The molecule has 4 rings (SSSR count). The maximum Gasteiger partial charge on any atom is 0.265 e. The van der Waals surface area contributed by atoms with E-state index in [0.717, 1.165) is 12.6 Å². The Bertz CT molecular complexity index is 1370. The number of sulfonamides is 1. The van der Waals surface area contributed by atoms with Gasteiger partial charge in [0, 0.05) is 17.9 Å². The highest BCUT2D eigenvalue weighted by molar-refractivity contribution is 7.89. The van der Waals surface area contributed by atoms with Crippen molar-refractivity contribution < 1.29 is 22.3 Å². The smallest absolute Gasteiger partial charge is 0.265 e. The Balaban J connectivity index is 1.60. The standard InChI is InChI=1S/C22H23FN6O4S/c1-3-8-29-17-9-14(6-7-18(17)33-12-20(29)30)26-21-16(23)11-25-22(28-21)27-15-5-4-13(2)19(10-15)34(24,31)32/h4-7,9-11H,3,8,12H2,1-2H3,(H2,24,31,32)(H2,25,26,27,28). The van der Waals surface area contributed by atoms with E-state index in [0.29, 0.717) is 34.9 Å². The van der Waals surface area contributed by atoms with Crippen LogP contribution in [-0.4, -0.2) is 37.4 Å². The Morgan fingerprint density at radius 1 is 1.18 bits per heavy atom. The Morgan fingerprint density at radius 2 is 1.91 bits per heavy atom. The molecule has 10 nitrogen and oxygen atoms in total. The van der Waals surface area contributed by atoms with E-state index in [4.69, 9.17) is 9.88 Å². The van der Waals surface area contributed by atoms with E-state index in [1.54, 1.807) is 42.2 Å². The molecule has 0 radical (unpaired) electrons. The summed E-state index contributed by atoms with van der Waals surface area (Å²) in [7, 11) is -3.92. The molecule has 0 spiro atoms. The normalized spacial score (nSPS) is 13.3. The van der Waals surface area contributed by atoms with Crippen LogP contribution in [-0.2, 0) is 14.8 Å². The van der Waals surface area contributed by atoms with Gasteiger partial charge in [0.2, 0.25) is 16.0 Å². The molecule has 1 aromatic heterocycles. The van der Waals surface area contributed by atoms with E-state index in [9.17, 15) is 17.6 Å². The number of nitrogens with two attached hydrogens (primary N) is 1. The summed E-state index contributed by atoms with van der Waals surface area (Å²) in [6.45, 7) is 4.10. The molecule has 1 aliphatic heterocycles. The Kier molecular flexibility index (Phi) is 6.35. The molecule has 0 bridgehead atoms. The lowest BCUT2D eigenvalue weighted by molar-refractivity contribution is -0.121. The number of fused-ring (bicyclic) bond motifs is 1. The van der Waals surface area contributed by atoms with Crippen LogP contribution in [0.5, 0.6) is 5.75 Å². The predicted octanol–water partition coefficient (Wildman–Crippen LogP) is 3.19. The Morgan fingerprint density at radius 3 is 2.65 bits per heavy atom. The van der Waals surface area contributed by atoms with Gasteiger partial charge in [0.05, 0.1) is 16.8 Å². The quantitative estimate of drug-likeness (QED) is 0.463. The topological polar surface area (TPSA) is 140 Å². The number of benzene rings is 2. The van der Waals surface area contributed by atoms with Gasteiger partial charge in [0.15, 0.2) is 18.2 Å². The zero-order chi connectivity index (χ0) is 24.5. The molecule has 0 atom stereocenters. The van der Waals surface area contributed by atoms with Crippen LogP contribution in [0.4, 0.5) is 33.2 Å². The van der Waals surface area contributed by atoms with Crippen molar-refractivity contribution in [3.63, 3.8) is 0 Å². The van der Waals surface area contributed by atoms with Crippen LogP contribution in [0.25, 0.3) is 0 Å². The van der Waals surface area contributed by atoms with Crippen molar-refractivity contribution in [3.8, 4) is 5.75 Å².